The van der Waals surface area contributed by atoms with Crippen LogP contribution >= 0.6 is 0 Å². The van der Waals surface area contributed by atoms with E-state index in [-0.39, 0.29) is 18.8 Å². The highest BCUT2D eigenvalue weighted by atomic mass is 16.5. The van der Waals surface area contributed by atoms with Gasteiger partial charge in [0.05, 0.1) is 12.5 Å². The second-order valence-corrected chi connectivity index (χ2v) is 3.86. The van der Waals surface area contributed by atoms with Crippen LogP contribution in [0.2, 0.25) is 0 Å². The molecule has 0 aliphatic heterocycles. The van der Waals surface area contributed by atoms with Crippen LogP contribution < -0.4 is 4.74 Å². The molecule has 84 valence electrons. The summed E-state index contributed by atoms with van der Waals surface area (Å²) in [6, 6.07) is 5.76. The Morgan fingerprint density at radius 3 is 2.50 bits per heavy atom. The van der Waals surface area contributed by atoms with Crippen molar-refractivity contribution in [1.29, 1.82) is 5.26 Å². The van der Waals surface area contributed by atoms with Crippen LogP contribution in [0.15, 0.2) is 12.1 Å². The fourth-order valence-corrected chi connectivity index (χ4v) is 1.39. The van der Waals surface area contributed by atoms with Crippen LogP contribution in [0.3, 0.4) is 0 Å². The van der Waals surface area contributed by atoms with Crippen molar-refractivity contribution < 1.29 is 9.53 Å². The second-order valence-electron chi connectivity index (χ2n) is 3.86. The van der Waals surface area contributed by atoms with Gasteiger partial charge in [-0.1, -0.05) is 6.07 Å². The average molecular weight is 217 g/mol. The summed E-state index contributed by atoms with van der Waals surface area (Å²) >= 11 is 0. The standard InChI is InChI=1S/C13H15NO2/c1-9-6-11(3)13(7-10(9)2)16-8-12(15)4-5-14/h6-7H,4,8H2,1-3H3. The lowest BCUT2D eigenvalue weighted by Crippen LogP contribution is -2.10. The van der Waals surface area contributed by atoms with Gasteiger partial charge >= 0.3 is 0 Å². The summed E-state index contributed by atoms with van der Waals surface area (Å²) in [6.07, 6.45) is -0.0934. The molecule has 1 aromatic rings. The number of hydrogen-bond acceptors (Lipinski definition) is 3. The number of carbonyl (C=O) groups excluding carboxylic acids is 1. The van der Waals surface area contributed by atoms with E-state index >= 15 is 0 Å². The molecule has 0 radical (unpaired) electrons. The van der Waals surface area contributed by atoms with Gasteiger partial charge in [0.1, 0.15) is 12.4 Å². The van der Waals surface area contributed by atoms with Crippen molar-refractivity contribution in [2.75, 3.05) is 6.61 Å². The molecule has 0 aromatic heterocycles. The Bertz CT molecular complexity index is 444. The van der Waals surface area contributed by atoms with E-state index in [0.29, 0.717) is 0 Å². The van der Waals surface area contributed by atoms with Gasteiger partial charge in [-0.2, -0.15) is 5.26 Å². The third kappa shape index (κ3) is 3.09. The first-order valence-corrected chi connectivity index (χ1v) is 5.14. The third-order valence-corrected chi connectivity index (χ3v) is 2.46. The smallest absolute Gasteiger partial charge is 0.184 e. The Hall–Kier alpha value is -1.82. The number of nitrogens with zero attached hydrogens (tertiary/aromatic N) is 1. The minimum Gasteiger partial charge on any atom is -0.486 e. The summed E-state index contributed by atoms with van der Waals surface area (Å²) in [5, 5.41) is 8.34. The molecule has 0 amide bonds. The number of ether oxygens (including phenoxy) is 1. The largest absolute Gasteiger partial charge is 0.486 e. The highest BCUT2D eigenvalue weighted by molar-refractivity contribution is 5.81. The third-order valence-electron chi connectivity index (χ3n) is 2.46. The van der Waals surface area contributed by atoms with Crippen LogP contribution in [0.25, 0.3) is 0 Å². The molecule has 0 aliphatic rings. The Morgan fingerprint density at radius 1 is 1.25 bits per heavy atom. The molecule has 1 rings (SSSR count). The first-order valence-electron chi connectivity index (χ1n) is 5.14. The molecule has 0 aliphatic carbocycles. The number of rotatable bonds is 4. The van der Waals surface area contributed by atoms with Gasteiger partial charge in [-0.3, -0.25) is 4.79 Å². The maximum absolute atomic E-state index is 11.1. The van der Waals surface area contributed by atoms with Crippen LogP contribution in [0.1, 0.15) is 23.1 Å². The van der Waals surface area contributed by atoms with E-state index in [9.17, 15) is 4.79 Å². The Labute approximate surface area is 95.7 Å². The number of aryl methyl sites for hydroxylation is 3. The molecule has 0 saturated carbocycles. The van der Waals surface area contributed by atoms with Crippen molar-refractivity contribution in [2.24, 2.45) is 0 Å². The van der Waals surface area contributed by atoms with Crippen LogP contribution in [-0.4, -0.2) is 12.4 Å². The van der Waals surface area contributed by atoms with Crippen molar-refractivity contribution in [2.45, 2.75) is 27.2 Å². The lowest BCUT2D eigenvalue weighted by atomic mass is 10.1. The number of benzene rings is 1. The minimum absolute atomic E-state index is 0.0309. The molecular weight excluding hydrogens is 202 g/mol. The zero-order chi connectivity index (χ0) is 12.1. The summed E-state index contributed by atoms with van der Waals surface area (Å²) in [6.45, 7) is 5.94. The molecule has 0 saturated heterocycles. The number of ketones is 1. The topological polar surface area (TPSA) is 50.1 Å². The summed E-state index contributed by atoms with van der Waals surface area (Å²) in [5.74, 6) is 0.523. The molecule has 0 atom stereocenters. The Balaban J connectivity index is 2.72. The van der Waals surface area contributed by atoms with Gasteiger partial charge in [-0.25, -0.2) is 0 Å². The number of Topliss-reactive ketones (excluding diaryl/α,β-unsaturated/α-hetero) is 1. The van der Waals surface area contributed by atoms with Gasteiger partial charge in [0, 0.05) is 0 Å². The fraction of sp³-hybridized carbons (Fsp3) is 0.385. The van der Waals surface area contributed by atoms with E-state index in [1.165, 1.54) is 5.56 Å². The lowest BCUT2D eigenvalue weighted by molar-refractivity contribution is -0.120. The quantitative estimate of drug-likeness (QED) is 0.778. The molecule has 0 N–H and O–H groups in total. The van der Waals surface area contributed by atoms with Gasteiger partial charge < -0.3 is 4.74 Å². The molecule has 0 bridgehead atoms. The summed E-state index contributed by atoms with van der Waals surface area (Å²) < 4.78 is 5.39. The Morgan fingerprint density at radius 2 is 1.88 bits per heavy atom. The zero-order valence-corrected chi connectivity index (χ0v) is 9.83. The molecule has 3 nitrogen and oxygen atoms in total. The molecule has 0 unspecified atom stereocenters. The highest BCUT2D eigenvalue weighted by Gasteiger charge is 2.06. The normalized spacial score (nSPS) is 9.62. The molecule has 1 aromatic carbocycles. The van der Waals surface area contributed by atoms with E-state index in [1.807, 2.05) is 39.0 Å². The molecule has 0 heterocycles. The maximum Gasteiger partial charge on any atom is 0.184 e. The van der Waals surface area contributed by atoms with E-state index in [2.05, 4.69) is 0 Å². The van der Waals surface area contributed by atoms with Crippen LogP contribution in [0.4, 0.5) is 0 Å². The van der Waals surface area contributed by atoms with Gasteiger partial charge in [-0.05, 0) is 43.5 Å². The Kier molecular flexibility index (Phi) is 4.07. The van der Waals surface area contributed by atoms with Crippen molar-refractivity contribution in [3.63, 3.8) is 0 Å². The molecule has 0 spiro atoms. The van der Waals surface area contributed by atoms with E-state index in [0.717, 1.165) is 16.9 Å². The SMILES string of the molecule is Cc1cc(C)c(OCC(=O)CC#N)cc1C. The van der Waals surface area contributed by atoms with Crippen LogP contribution in [0, 0.1) is 32.1 Å². The van der Waals surface area contributed by atoms with Crippen LogP contribution in [-0.2, 0) is 4.79 Å². The second kappa shape index (κ2) is 5.32. The highest BCUT2D eigenvalue weighted by Crippen LogP contribution is 2.22. The van der Waals surface area contributed by atoms with Crippen molar-refractivity contribution in [1.82, 2.24) is 0 Å². The molecule has 0 fully saturated rings. The van der Waals surface area contributed by atoms with Crippen molar-refractivity contribution in [3.8, 4) is 11.8 Å². The molecule has 3 heteroatoms. The summed E-state index contributed by atoms with van der Waals surface area (Å²) in [5.41, 5.74) is 3.34. The number of nitriles is 1. The van der Waals surface area contributed by atoms with Crippen LogP contribution in [0.5, 0.6) is 5.75 Å². The average Bonchev–Trinajstić information content (AvgIpc) is 2.22. The first-order chi connectivity index (χ1) is 7.54. The van der Waals surface area contributed by atoms with E-state index in [4.69, 9.17) is 10.00 Å². The maximum atomic E-state index is 11.1. The lowest BCUT2D eigenvalue weighted by Gasteiger charge is -2.10. The van der Waals surface area contributed by atoms with Crippen molar-refractivity contribution >= 4 is 5.78 Å². The van der Waals surface area contributed by atoms with Gasteiger partial charge in [0.15, 0.2) is 5.78 Å². The zero-order valence-electron chi connectivity index (χ0n) is 9.83. The predicted octanol–water partition coefficient (Wildman–Crippen LogP) is 2.47. The predicted molar refractivity (Wildman–Crippen MR) is 61.4 cm³/mol. The fourth-order valence-electron chi connectivity index (χ4n) is 1.39. The van der Waals surface area contributed by atoms with Gasteiger partial charge in [-0.15, -0.1) is 0 Å². The number of carbonyl (C=O) groups is 1. The molecule has 16 heavy (non-hydrogen) atoms. The first kappa shape index (κ1) is 12.3. The minimum atomic E-state index is -0.194. The van der Waals surface area contributed by atoms with Gasteiger partial charge in [0.2, 0.25) is 0 Å². The van der Waals surface area contributed by atoms with Crippen molar-refractivity contribution in [3.05, 3.63) is 28.8 Å². The summed E-state index contributed by atoms with van der Waals surface area (Å²) in [7, 11) is 0. The number of hydrogen-bond donors (Lipinski definition) is 0. The monoisotopic (exact) mass is 217 g/mol. The summed E-state index contributed by atoms with van der Waals surface area (Å²) in [4.78, 5) is 11.1. The van der Waals surface area contributed by atoms with Gasteiger partial charge in [0.25, 0.3) is 0 Å². The van der Waals surface area contributed by atoms with E-state index < -0.39 is 0 Å². The molecular formula is C13H15NO2. The van der Waals surface area contributed by atoms with E-state index in [1.54, 1.807) is 0 Å².